The van der Waals surface area contributed by atoms with E-state index in [4.69, 9.17) is 9.47 Å². The van der Waals surface area contributed by atoms with E-state index in [0.717, 1.165) is 0 Å². The molecule has 0 bridgehead atoms. The van der Waals surface area contributed by atoms with E-state index >= 15 is 0 Å². The van der Waals surface area contributed by atoms with Crippen LogP contribution >= 0.6 is 0 Å². The minimum atomic E-state index is -0.753. The van der Waals surface area contributed by atoms with E-state index < -0.39 is 17.8 Å². The van der Waals surface area contributed by atoms with Gasteiger partial charge in [0.2, 0.25) is 0 Å². The first kappa shape index (κ1) is 27.1. The highest BCUT2D eigenvalue weighted by Crippen LogP contribution is 2.36. The molecular formula is C28H33FN4O5. The zero-order valence-corrected chi connectivity index (χ0v) is 22.1. The standard InChI is InChI=1S/C28H33FN4O5/c1-5-38-27(35)24-22(31(3)28(36)30-25(24)21-11-6-7-12-23(21)37-4)17-32-13-14-33(18(2)16-32)26(34)19-9-8-10-20(29)15-19/h6-12,15,18,25H,5,13-14,16-17H2,1-4H3,(H,30,36). The maximum absolute atomic E-state index is 13.7. The third kappa shape index (κ3) is 5.50. The summed E-state index contributed by atoms with van der Waals surface area (Å²) < 4.78 is 24.6. The molecule has 1 N–H and O–H groups in total. The molecule has 2 atom stereocenters. The van der Waals surface area contributed by atoms with Gasteiger partial charge < -0.3 is 19.7 Å². The Morgan fingerprint density at radius 1 is 1.13 bits per heavy atom. The number of benzene rings is 2. The first-order valence-corrected chi connectivity index (χ1v) is 12.6. The highest BCUT2D eigenvalue weighted by Gasteiger charge is 2.39. The number of hydrogen-bond acceptors (Lipinski definition) is 6. The van der Waals surface area contributed by atoms with Crippen molar-refractivity contribution in [1.82, 2.24) is 20.0 Å². The van der Waals surface area contributed by atoms with Crippen molar-refractivity contribution in [3.63, 3.8) is 0 Å². The highest BCUT2D eigenvalue weighted by atomic mass is 19.1. The third-order valence-corrected chi connectivity index (χ3v) is 6.94. The van der Waals surface area contributed by atoms with Crippen LogP contribution in [0.3, 0.4) is 0 Å². The lowest BCUT2D eigenvalue weighted by atomic mass is 9.93. The number of esters is 1. The van der Waals surface area contributed by atoms with Crippen molar-refractivity contribution in [2.45, 2.75) is 25.9 Å². The normalized spacial score (nSPS) is 20.3. The molecule has 0 saturated carbocycles. The fourth-order valence-corrected chi connectivity index (χ4v) is 5.01. The number of urea groups is 1. The van der Waals surface area contributed by atoms with Crippen molar-refractivity contribution in [2.24, 2.45) is 0 Å². The van der Waals surface area contributed by atoms with Gasteiger partial charge in [-0.05, 0) is 38.1 Å². The summed E-state index contributed by atoms with van der Waals surface area (Å²) in [6.07, 6.45) is 0. The molecule has 0 spiro atoms. The number of carbonyl (C=O) groups excluding carboxylic acids is 3. The summed E-state index contributed by atoms with van der Waals surface area (Å²) in [5.41, 5.74) is 1.82. The van der Waals surface area contributed by atoms with Crippen molar-refractivity contribution in [3.05, 3.63) is 76.7 Å². The Labute approximate surface area is 221 Å². The van der Waals surface area contributed by atoms with Gasteiger partial charge in [0.05, 0.1) is 25.3 Å². The smallest absolute Gasteiger partial charge is 0.338 e. The van der Waals surface area contributed by atoms with Gasteiger partial charge in [-0.15, -0.1) is 0 Å². The molecule has 2 unspecified atom stereocenters. The van der Waals surface area contributed by atoms with Crippen LogP contribution in [0.25, 0.3) is 0 Å². The largest absolute Gasteiger partial charge is 0.496 e. The lowest BCUT2D eigenvalue weighted by Gasteiger charge is -2.42. The van der Waals surface area contributed by atoms with E-state index in [0.29, 0.717) is 54.3 Å². The summed E-state index contributed by atoms with van der Waals surface area (Å²) in [5.74, 6) is -0.655. The molecular weight excluding hydrogens is 491 g/mol. The molecule has 10 heteroatoms. The Hall–Kier alpha value is -3.92. The molecule has 2 heterocycles. The van der Waals surface area contributed by atoms with Crippen LogP contribution in [0.1, 0.15) is 35.8 Å². The molecule has 38 heavy (non-hydrogen) atoms. The van der Waals surface area contributed by atoms with Gasteiger partial charge in [0, 0.05) is 56.1 Å². The number of halogens is 1. The van der Waals surface area contributed by atoms with Gasteiger partial charge in [0.1, 0.15) is 11.6 Å². The Bertz CT molecular complexity index is 1250. The number of piperazine rings is 1. The van der Waals surface area contributed by atoms with Crippen molar-refractivity contribution in [3.8, 4) is 5.75 Å². The fraction of sp³-hybridized carbons (Fsp3) is 0.393. The number of carbonyl (C=O) groups is 3. The minimum absolute atomic E-state index is 0.168. The topological polar surface area (TPSA) is 91.4 Å². The highest BCUT2D eigenvalue weighted by molar-refractivity contribution is 5.96. The zero-order chi connectivity index (χ0) is 27.4. The van der Waals surface area contributed by atoms with Crippen LogP contribution in [0.4, 0.5) is 9.18 Å². The van der Waals surface area contributed by atoms with E-state index in [1.807, 2.05) is 25.1 Å². The van der Waals surface area contributed by atoms with Crippen LogP contribution in [-0.4, -0.2) is 85.6 Å². The molecule has 2 aromatic rings. The van der Waals surface area contributed by atoms with Gasteiger partial charge >= 0.3 is 12.0 Å². The second-order valence-electron chi connectivity index (χ2n) is 9.36. The predicted octanol–water partition coefficient (Wildman–Crippen LogP) is 3.19. The minimum Gasteiger partial charge on any atom is -0.496 e. The molecule has 1 fully saturated rings. The van der Waals surface area contributed by atoms with Gasteiger partial charge in [-0.2, -0.15) is 0 Å². The quantitative estimate of drug-likeness (QED) is 0.560. The second-order valence-corrected chi connectivity index (χ2v) is 9.36. The van der Waals surface area contributed by atoms with E-state index in [9.17, 15) is 18.8 Å². The first-order valence-electron chi connectivity index (χ1n) is 12.6. The Balaban J connectivity index is 1.62. The van der Waals surface area contributed by atoms with Crippen molar-refractivity contribution < 1.29 is 28.2 Å². The number of nitrogens with one attached hydrogen (secondary N) is 1. The lowest BCUT2D eigenvalue weighted by Crippen LogP contribution is -2.56. The number of ether oxygens (including phenoxy) is 2. The average Bonchev–Trinajstić information content (AvgIpc) is 2.91. The van der Waals surface area contributed by atoms with Gasteiger partial charge in [-0.25, -0.2) is 14.0 Å². The molecule has 202 valence electrons. The zero-order valence-electron chi connectivity index (χ0n) is 22.1. The number of para-hydroxylation sites is 1. The molecule has 3 amide bonds. The number of hydrogen-bond donors (Lipinski definition) is 1. The van der Waals surface area contributed by atoms with E-state index in [-0.39, 0.29) is 24.6 Å². The van der Waals surface area contributed by atoms with Crippen LogP contribution < -0.4 is 10.1 Å². The maximum atomic E-state index is 13.7. The molecule has 2 aliphatic rings. The Kier molecular flexibility index (Phi) is 8.31. The van der Waals surface area contributed by atoms with E-state index in [2.05, 4.69) is 10.2 Å². The molecule has 0 aliphatic carbocycles. The van der Waals surface area contributed by atoms with Crippen molar-refractivity contribution >= 4 is 17.9 Å². The van der Waals surface area contributed by atoms with Gasteiger partial charge in [-0.1, -0.05) is 24.3 Å². The van der Waals surface area contributed by atoms with Crippen LogP contribution in [0.2, 0.25) is 0 Å². The molecule has 0 aromatic heterocycles. The van der Waals surface area contributed by atoms with Crippen LogP contribution in [0, 0.1) is 5.82 Å². The summed E-state index contributed by atoms with van der Waals surface area (Å²) in [7, 11) is 3.16. The van der Waals surface area contributed by atoms with E-state index in [1.54, 1.807) is 31.0 Å². The summed E-state index contributed by atoms with van der Waals surface area (Å²) in [6.45, 7) is 5.59. The van der Waals surface area contributed by atoms with Crippen LogP contribution in [-0.2, 0) is 9.53 Å². The second kappa shape index (κ2) is 11.6. The third-order valence-electron chi connectivity index (χ3n) is 6.94. The molecule has 2 aliphatic heterocycles. The molecule has 0 radical (unpaired) electrons. The van der Waals surface area contributed by atoms with Crippen LogP contribution in [0.15, 0.2) is 59.8 Å². The number of methoxy groups -OCH3 is 1. The monoisotopic (exact) mass is 524 g/mol. The average molecular weight is 525 g/mol. The summed E-state index contributed by atoms with van der Waals surface area (Å²) in [6, 6.07) is 11.6. The molecule has 9 nitrogen and oxygen atoms in total. The summed E-state index contributed by atoms with van der Waals surface area (Å²) >= 11 is 0. The predicted molar refractivity (Wildman–Crippen MR) is 139 cm³/mol. The molecule has 1 saturated heterocycles. The summed E-state index contributed by atoms with van der Waals surface area (Å²) in [5, 5.41) is 2.91. The first-order chi connectivity index (χ1) is 18.2. The maximum Gasteiger partial charge on any atom is 0.338 e. The number of nitrogens with zero attached hydrogens (tertiary/aromatic N) is 3. The summed E-state index contributed by atoms with van der Waals surface area (Å²) in [4.78, 5) is 44.6. The Morgan fingerprint density at radius 3 is 2.58 bits per heavy atom. The Morgan fingerprint density at radius 2 is 1.89 bits per heavy atom. The van der Waals surface area contributed by atoms with Gasteiger partial charge in [0.25, 0.3) is 5.91 Å². The molecule has 2 aromatic carbocycles. The number of amides is 3. The number of rotatable bonds is 7. The van der Waals surface area contributed by atoms with Crippen molar-refractivity contribution in [1.29, 1.82) is 0 Å². The van der Waals surface area contributed by atoms with Crippen molar-refractivity contribution in [2.75, 3.05) is 46.9 Å². The van der Waals surface area contributed by atoms with Crippen LogP contribution in [0.5, 0.6) is 5.75 Å². The fourth-order valence-electron chi connectivity index (χ4n) is 5.01. The number of likely N-dealkylation sites (N-methyl/N-ethyl adjacent to an activating group) is 1. The lowest BCUT2D eigenvalue weighted by molar-refractivity contribution is -0.139. The van der Waals surface area contributed by atoms with Gasteiger partial charge in [0.15, 0.2) is 0 Å². The van der Waals surface area contributed by atoms with Gasteiger partial charge in [-0.3, -0.25) is 14.6 Å². The SMILES string of the molecule is CCOC(=O)C1=C(CN2CCN(C(=O)c3cccc(F)c3)C(C)C2)N(C)C(=O)NC1c1ccccc1OC. The molecule has 4 rings (SSSR count). The van der Waals surface area contributed by atoms with E-state index in [1.165, 1.54) is 30.2 Å².